The highest BCUT2D eigenvalue weighted by atomic mass is 16.5. The van der Waals surface area contributed by atoms with Crippen molar-refractivity contribution in [3.05, 3.63) is 29.8 Å². The molecule has 2 rings (SSSR count). The Balaban J connectivity index is 1.85. The molecule has 1 N–H and O–H groups in total. The smallest absolute Gasteiger partial charge is 0.119 e. The molecule has 0 aliphatic carbocycles. The second-order valence-corrected chi connectivity index (χ2v) is 5.99. The molecular formula is C18H30N2O. The summed E-state index contributed by atoms with van der Waals surface area (Å²) in [4.78, 5) is 2.50. The number of ether oxygens (including phenoxy) is 1. The van der Waals surface area contributed by atoms with Gasteiger partial charge in [0.25, 0.3) is 0 Å². The Labute approximate surface area is 129 Å². The molecule has 21 heavy (non-hydrogen) atoms. The van der Waals surface area contributed by atoms with Crippen molar-refractivity contribution < 1.29 is 4.74 Å². The van der Waals surface area contributed by atoms with E-state index >= 15 is 0 Å². The quantitative estimate of drug-likeness (QED) is 0.794. The molecule has 1 fully saturated rings. The Bertz CT molecular complexity index is 379. The van der Waals surface area contributed by atoms with Gasteiger partial charge in [0.05, 0.1) is 6.10 Å². The largest absolute Gasteiger partial charge is 0.490 e. The summed E-state index contributed by atoms with van der Waals surface area (Å²) in [5, 5.41) is 3.39. The fourth-order valence-corrected chi connectivity index (χ4v) is 2.90. The number of rotatable bonds is 8. The van der Waals surface area contributed by atoms with E-state index in [1.54, 1.807) is 0 Å². The number of benzene rings is 1. The van der Waals surface area contributed by atoms with Crippen LogP contribution in [-0.4, -0.2) is 37.2 Å². The van der Waals surface area contributed by atoms with E-state index in [4.69, 9.17) is 4.74 Å². The molecule has 3 heteroatoms. The molecule has 1 aromatic rings. The van der Waals surface area contributed by atoms with Crippen LogP contribution in [0.2, 0.25) is 0 Å². The number of hydrogen-bond acceptors (Lipinski definition) is 3. The summed E-state index contributed by atoms with van der Waals surface area (Å²) in [5.74, 6) is 1.02. The van der Waals surface area contributed by atoms with Crippen molar-refractivity contribution in [3.8, 4) is 5.75 Å². The van der Waals surface area contributed by atoms with E-state index < -0.39 is 0 Å². The first-order valence-corrected chi connectivity index (χ1v) is 8.50. The van der Waals surface area contributed by atoms with Crippen LogP contribution in [-0.2, 0) is 6.54 Å². The molecule has 118 valence electrons. The maximum atomic E-state index is 6.12. The fourth-order valence-electron chi connectivity index (χ4n) is 2.90. The van der Waals surface area contributed by atoms with Crippen LogP contribution in [0.25, 0.3) is 0 Å². The highest BCUT2D eigenvalue weighted by molar-refractivity contribution is 5.27. The summed E-state index contributed by atoms with van der Waals surface area (Å²) in [6.07, 6.45) is 5.04. The van der Waals surface area contributed by atoms with Crippen molar-refractivity contribution in [3.63, 3.8) is 0 Å². The Morgan fingerprint density at radius 2 is 1.67 bits per heavy atom. The first-order valence-electron chi connectivity index (χ1n) is 8.50. The lowest BCUT2D eigenvalue weighted by Crippen LogP contribution is -2.42. The van der Waals surface area contributed by atoms with Crippen LogP contribution in [0, 0.1) is 0 Å². The minimum atomic E-state index is 0.374. The molecule has 1 aromatic carbocycles. The van der Waals surface area contributed by atoms with E-state index in [0.717, 1.165) is 51.3 Å². The van der Waals surface area contributed by atoms with Crippen molar-refractivity contribution >= 4 is 0 Å². The lowest BCUT2D eigenvalue weighted by atomic mass is 10.1. The minimum absolute atomic E-state index is 0.374. The van der Waals surface area contributed by atoms with Crippen LogP contribution in [0.1, 0.15) is 45.1 Å². The SMILES string of the molecule is CCCC(CCC)Oc1ccc(CN2CCNCC2)cc1. The summed E-state index contributed by atoms with van der Waals surface area (Å²) in [7, 11) is 0. The van der Waals surface area contributed by atoms with E-state index in [1.807, 2.05) is 0 Å². The highest BCUT2D eigenvalue weighted by Crippen LogP contribution is 2.19. The van der Waals surface area contributed by atoms with Gasteiger partial charge in [0.2, 0.25) is 0 Å². The second kappa shape index (κ2) is 9.06. The van der Waals surface area contributed by atoms with Crippen molar-refractivity contribution in [1.82, 2.24) is 10.2 Å². The molecule has 0 bridgehead atoms. The van der Waals surface area contributed by atoms with Gasteiger partial charge in [-0.05, 0) is 30.5 Å². The first-order chi connectivity index (χ1) is 10.3. The van der Waals surface area contributed by atoms with Gasteiger partial charge < -0.3 is 10.1 Å². The maximum absolute atomic E-state index is 6.12. The Morgan fingerprint density at radius 3 is 2.24 bits per heavy atom. The van der Waals surface area contributed by atoms with Crippen molar-refractivity contribution in [2.45, 2.75) is 52.2 Å². The van der Waals surface area contributed by atoms with E-state index in [9.17, 15) is 0 Å². The van der Waals surface area contributed by atoms with Crippen molar-refractivity contribution in [2.24, 2.45) is 0 Å². The zero-order valence-electron chi connectivity index (χ0n) is 13.6. The summed E-state index contributed by atoms with van der Waals surface area (Å²) in [5.41, 5.74) is 1.38. The summed E-state index contributed by atoms with van der Waals surface area (Å²) < 4.78 is 6.12. The molecule has 1 saturated heterocycles. The number of nitrogens with zero attached hydrogens (tertiary/aromatic N) is 1. The van der Waals surface area contributed by atoms with Gasteiger partial charge in [0, 0.05) is 32.7 Å². The second-order valence-electron chi connectivity index (χ2n) is 5.99. The zero-order valence-corrected chi connectivity index (χ0v) is 13.6. The maximum Gasteiger partial charge on any atom is 0.119 e. The van der Waals surface area contributed by atoms with Gasteiger partial charge in [-0.25, -0.2) is 0 Å². The Hall–Kier alpha value is -1.06. The molecule has 3 nitrogen and oxygen atoms in total. The lowest BCUT2D eigenvalue weighted by Gasteiger charge is -2.27. The Morgan fingerprint density at radius 1 is 1.05 bits per heavy atom. The van der Waals surface area contributed by atoms with Crippen molar-refractivity contribution in [2.75, 3.05) is 26.2 Å². The third-order valence-corrected chi connectivity index (χ3v) is 4.06. The normalized spacial score (nSPS) is 16.3. The van der Waals surface area contributed by atoms with Crippen LogP contribution in [0.15, 0.2) is 24.3 Å². The van der Waals surface area contributed by atoms with Gasteiger partial charge in [-0.3, -0.25) is 4.90 Å². The topological polar surface area (TPSA) is 24.5 Å². The summed E-state index contributed by atoms with van der Waals surface area (Å²) in [6, 6.07) is 8.70. The van der Waals surface area contributed by atoms with Crippen LogP contribution in [0.4, 0.5) is 0 Å². The summed E-state index contributed by atoms with van der Waals surface area (Å²) in [6.45, 7) is 10.0. The van der Waals surface area contributed by atoms with Crippen LogP contribution >= 0.6 is 0 Å². The molecule has 0 unspecified atom stereocenters. The highest BCUT2D eigenvalue weighted by Gasteiger charge is 2.11. The predicted octanol–water partition coefficient (Wildman–Crippen LogP) is 3.44. The fraction of sp³-hybridized carbons (Fsp3) is 0.667. The van der Waals surface area contributed by atoms with Gasteiger partial charge >= 0.3 is 0 Å². The predicted molar refractivity (Wildman–Crippen MR) is 88.8 cm³/mol. The van der Waals surface area contributed by atoms with Gasteiger partial charge in [-0.15, -0.1) is 0 Å². The lowest BCUT2D eigenvalue weighted by molar-refractivity contribution is 0.178. The average Bonchev–Trinajstić information content (AvgIpc) is 2.51. The standard InChI is InChI=1S/C18H30N2O/c1-3-5-17(6-4-2)21-18-9-7-16(8-10-18)15-20-13-11-19-12-14-20/h7-10,17,19H,3-6,11-15H2,1-2H3. The molecule has 0 atom stereocenters. The van der Waals surface area contributed by atoms with E-state index in [-0.39, 0.29) is 0 Å². The monoisotopic (exact) mass is 290 g/mol. The van der Waals surface area contributed by atoms with E-state index in [0.29, 0.717) is 6.10 Å². The number of hydrogen-bond donors (Lipinski definition) is 1. The van der Waals surface area contributed by atoms with E-state index in [1.165, 1.54) is 18.4 Å². The average molecular weight is 290 g/mol. The Kier molecular flexibility index (Phi) is 7.04. The third kappa shape index (κ3) is 5.68. The zero-order chi connectivity index (χ0) is 14.9. The van der Waals surface area contributed by atoms with Gasteiger partial charge in [0.1, 0.15) is 5.75 Å². The van der Waals surface area contributed by atoms with Crippen LogP contribution in [0.3, 0.4) is 0 Å². The molecular weight excluding hydrogens is 260 g/mol. The molecule has 1 heterocycles. The van der Waals surface area contributed by atoms with E-state index in [2.05, 4.69) is 48.3 Å². The number of nitrogens with one attached hydrogen (secondary N) is 1. The molecule has 0 amide bonds. The van der Waals surface area contributed by atoms with Crippen LogP contribution in [0.5, 0.6) is 5.75 Å². The first kappa shape index (κ1) is 16.3. The molecule has 0 radical (unpaired) electrons. The third-order valence-electron chi connectivity index (χ3n) is 4.06. The van der Waals surface area contributed by atoms with Gasteiger partial charge in [0.15, 0.2) is 0 Å². The van der Waals surface area contributed by atoms with Gasteiger partial charge in [-0.1, -0.05) is 38.8 Å². The summed E-state index contributed by atoms with van der Waals surface area (Å²) >= 11 is 0. The molecule has 0 saturated carbocycles. The number of piperazine rings is 1. The molecule has 0 spiro atoms. The molecule has 1 aliphatic rings. The van der Waals surface area contributed by atoms with Crippen LogP contribution < -0.4 is 10.1 Å². The molecule has 0 aromatic heterocycles. The minimum Gasteiger partial charge on any atom is -0.490 e. The van der Waals surface area contributed by atoms with Crippen molar-refractivity contribution in [1.29, 1.82) is 0 Å². The van der Waals surface area contributed by atoms with Gasteiger partial charge in [-0.2, -0.15) is 0 Å². The molecule has 1 aliphatic heterocycles.